The van der Waals surface area contributed by atoms with Crippen molar-refractivity contribution in [1.82, 2.24) is 0 Å². The predicted molar refractivity (Wildman–Crippen MR) is 107 cm³/mol. The number of rotatable bonds is 0. The van der Waals surface area contributed by atoms with Crippen molar-refractivity contribution < 1.29 is 17.6 Å². The summed E-state index contributed by atoms with van der Waals surface area (Å²) in [6, 6.07) is 17.5. The number of benzene rings is 5. The van der Waals surface area contributed by atoms with E-state index >= 15 is 0 Å². The molecule has 4 heteroatoms. The van der Waals surface area contributed by atoms with E-state index in [1.165, 1.54) is 0 Å². The molecule has 0 aromatic heterocycles. The second-order valence-electron chi connectivity index (χ2n) is 6.98. The molecular weight excluding hydrogens is 376 g/mol. The highest BCUT2D eigenvalue weighted by Gasteiger charge is 2.21. The summed E-state index contributed by atoms with van der Waals surface area (Å²) in [6.45, 7) is 0.981. The Morgan fingerprint density at radius 1 is 0.586 bits per heavy atom. The molecule has 0 aliphatic carbocycles. The van der Waals surface area contributed by atoms with Gasteiger partial charge in [-0.3, -0.25) is 0 Å². The molecule has 0 aliphatic heterocycles. The molecule has 0 aliphatic rings. The van der Waals surface area contributed by atoms with Crippen molar-refractivity contribution in [3.8, 4) is 11.8 Å². The van der Waals surface area contributed by atoms with Crippen molar-refractivity contribution in [2.45, 2.75) is 6.92 Å². The lowest BCUT2D eigenvalue weighted by Gasteiger charge is -2.11. The molecule has 0 unspecified atom stereocenters. The summed E-state index contributed by atoms with van der Waals surface area (Å²) in [5.41, 5.74) is -1.08. The monoisotopic (exact) mass is 388 g/mol. The predicted octanol–water partition coefficient (Wildman–Crippen LogP) is 6.85. The second kappa shape index (κ2) is 6.22. The largest absolute Gasteiger partial charge is 0.203 e. The van der Waals surface area contributed by atoms with Crippen LogP contribution in [0.15, 0.2) is 54.6 Å². The molecule has 0 nitrogen and oxygen atoms in total. The average molecular weight is 388 g/mol. The molecule has 5 rings (SSSR count). The van der Waals surface area contributed by atoms with E-state index in [0.717, 1.165) is 39.2 Å². The van der Waals surface area contributed by atoms with E-state index in [0.29, 0.717) is 5.56 Å². The first-order valence-corrected chi connectivity index (χ1v) is 8.98. The Morgan fingerprint density at radius 2 is 1.14 bits per heavy atom. The molecular formula is C25H12F4. The average Bonchev–Trinajstić information content (AvgIpc) is 2.75. The lowest BCUT2D eigenvalue weighted by Crippen LogP contribution is -2.03. The van der Waals surface area contributed by atoms with Crippen molar-refractivity contribution in [1.29, 1.82) is 0 Å². The molecule has 29 heavy (non-hydrogen) atoms. The van der Waals surface area contributed by atoms with Crippen LogP contribution in [-0.2, 0) is 0 Å². The molecule has 0 bridgehead atoms. The van der Waals surface area contributed by atoms with Gasteiger partial charge in [0.25, 0.3) is 0 Å². The normalized spacial score (nSPS) is 11.3. The van der Waals surface area contributed by atoms with Gasteiger partial charge >= 0.3 is 0 Å². The van der Waals surface area contributed by atoms with Gasteiger partial charge in [0.2, 0.25) is 0 Å². The highest BCUT2D eigenvalue weighted by molar-refractivity contribution is 6.23. The topological polar surface area (TPSA) is 0 Å². The summed E-state index contributed by atoms with van der Waals surface area (Å²) in [5.74, 6) is -0.806. The summed E-state index contributed by atoms with van der Waals surface area (Å²) in [4.78, 5) is 0. The van der Waals surface area contributed by atoms with Crippen LogP contribution in [0.4, 0.5) is 17.6 Å². The Bertz CT molecular complexity index is 1460. The van der Waals surface area contributed by atoms with E-state index in [-0.39, 0.29) is 0 Å². The fraction of sp³-hybridized carbons (Fsp3) is 0.0400. The third-order valence-corrected chi connectivity index (χ3v) is 5.33. The smallest absolute Gasteiger partial charge is 0.177 e. The van der Waals surface area contributed by atoms with Crippen LogP contribution in [0.2, 0.25) is 0 Å². The van der Waals surface area contributed by atoms with Crippen LogP contribution in [0.3, 0.4) is 0 Å². The van der Waals surface area contributed by atoms with Gasteiger partial charge in [-0.15, -0.1) is 0 Å². The molecule has 5 aromatic rings. The Kier molecular flexibility index (Phi) is 3.75. The number of hydrogen-bond donors (Lipinski definition) is 0. The first-order chi connectivity index (χ1) is 14.0. The van der Waals surface area contributed by atoms with E-state index in [1.54, 1.807) is 6.07 Å². The third kappa shape index (κ3) is 2.48. The highest BCUT2D eigenvalue weighted by atomic mass is 19.2. The SMILES string of the molecule is Cc1c(F)c(F)c(C#Cc2ccc3ccc4cccc5ccc2c3c45)c(F)c1F. The van der Waals surface area contributed by atoms with Gasteiger partial charge in [-0.2, -0.15) is 0 Å². The van der Waals surface area contributed by atoms with Gasteiger partial charge in [0.15, 0.2) is 23.3 Å². The van der Waals surface area contributed by atoms with E-state index in [4.69, 9.17) is 0 Å². The van der Waals surface area contributed by atoms with Gasteiger partial charge in [-0.1, -0.05) is 60.4 Å². The molecule has 5 aromatic carbocycles. The molecule has 0 atom stereocenters. The molecule has 0 saturated heterocycles. The molecule has 0 radical (unpaired) electrons. The maximum Gasteiger partial charge on any atom is 0.177 e. The summed E-state index contributed by atoms with van der Waals surface area (Å²) in [5, 5.41) is 6.05. The van der Waals surface area contributed by atoms with Crippen LogP contribution < -0.4 is 0 Å². The zero-order valence-electron chi connectivity index (χ0n) is 15.2. The minimum atomic E-state index is -1.48. The molecule has 0 saturated carbocycles. The Labute approximate surface area is 163 Å². The Balaban J connectivity index is 1.79. The number of halogens is 4. The first kappa shape index (κ1) is 17.5. The van der Waals surface area contributed by atoms with Crippen LogP contribution in [0.1, 0.15) is 16.7 Å². The zero-order chi connectivity index (χ0) is 20.3. The first-order valence-electron chi connectivity index (χ1n) is 8.98. The highest BCUT2D eigenvalue weighted by Crippen LogP contribution is 2.35. The minimum Gasteiger partial charge on any atom is -0.203 e. The lowest BCUT2D eigenvalue weighted by molar-refractivity contribution is 0.442. The quantitative estimate of drug-likeness (QED) is 0.118. The standard InChI is InChI=1S/C25H12F4/c1-13-22(26)24(28)19(25(29)23(13)27)12-9-14-5-6-17-8-7-15-3-2-4-16-10-11-18(14)21(17)20(15)16/h2-8,10-11H,1H3. The maximum atomic E-state index is 14.2. The van der Waals surface area contributed by atoms with E-state index in [9.17, 15) is 17.6 Å². The van der Waals surface area contributed by atoms with Gasteiger partial charge in [-0.25, -0.2) is 17.6 Å². The Morgan fingerprint density at radius 3 is 1.79 bits per heavy atom. The second-order valence-corrected chi connectivity index (χ2v) is 6.98. The van der Waals surface area contributed by atoms with Crippen molar-refractivity contribution >= 4 is 32.3 Å². The van der Waals surface area contributed by atoms with Gasteiger partial charge in [0.1, 0.15) is 5.56 Å². The molecule has 0 spiro atoms. The summed E-state index contributed by atoms with van der Waals surface area (Å²) in [7, 11) is 0. The fourth-order valence-corrected chi connectivity index (χ4v) is 3.83. The van der Waals surface area contributed by atoms with E-state index in [1.807, 2.05) is 48.5 Å². The third-order valence-electron chi connectivity index (χ3n) is 5.33. The van der Waals surface area contributed by atoms with E-state index < -0.39 is 34.4 Å². The summed E-state index contributed by atoms with van der Waals surface area (Å²) in [6.07, 6.45) is 0. The van der Waals surface area contributed by atoms with Crippen molar-refractivity contribution in [2.24, 2.45) is 0 Å². The fourth-order valence-electron chi connectivity index (χ4n) is 3.83. The minimum absolute atomic E-state index is 0.524. The molecule has 0 amide bonds. The molecule has 140 valence electrons. The van der Waals surface area contributed by atoms with Crippen molar-refractivity contribution in [3.63, 3.8) is 0 Å². The van der Waals surface area contributed by atoms with Gasteiger partial charge < -0.3 is 0 Å². The molecule has 0 N–H and O–H groups in total. The van der Waals surface area contributed by atoms with E-state index in [2.05, 4.69) is 11.8 Å². The van der Waals surface area contributed by atoms with Crippen LogP contribution in [0.5, 0.6) is 0 Å². The maximum absolute atomic E-state index is 14.2. The zero-order valence-corrected chi connectivity index (χ0v) is 15.2. The van der Waals surface area contributed by atoms with Crippen molar-refractivity contribution in [2.75, 3.05) is 0 Å². The van der Waals surface area contributed by atoms with Gasteiger partial charge in [0.05, 0.1) is 0 Å². The number of hydrogen-bond acceptors (Lipinski definition) is 0. The lowest BCUT2D eigenvalue weighted by atomic mass is 9.92. The van der Waals surface area contributed by atoms with Crippen molar-refractivity contribution in [3.05, 3.63) is 94.6 Å². The van der Waals surface area contributed by atoms with Crippen LogP contribution in [0, 0.1) is 42.0 Å². The molecule has 0 heterocycles. The van der Waals surface area contributed by atoms with Gasteiger partial charge in [-0.05, 0) is 45.3 Å². The summed E-state index contributed by atoms with van der Waals surface area (Å²) < 4.78 is 56.0. The van der Waals surface area contributed by atoms with Crippen LogP contribution >= 0.6 is 0 Å². The molecule has 0 fully saturated rings. The Hall–Kier alpha value is -3.58. The summed E-state index contributed by atoms with van der Waals surface area (Å²) >= 11 is 0. The van der Waals surface area contributed by atoms with Crippen LogP contribution in [-0.4, -0.2) is 0 Å². The van der Waals surface area contributed by atoms with Gasteiger partial charge in [0, 0.05) is 11.1 Å². The van der Waals surface area contributed by atoms with Crippen LogP contribution in [0.25, 0.3) is 32.3 Å².